The van der Waals surface area contributed by atoms with Gasteiger partial charge < -0.3 is 15.0 Å². The molecule has 3 nitrogen and oxygen atoms in total. The molecule has 0 spiro atoms. The minimum Gasteiger partial charge on any atom is -0.375 e. The summed E-state index contributed by atoms with van der Waals surface area (Å²) in [6, 6.07) is 1.35. The van der Waals surface area contributed by atoms with Gasteiger partial charge in [-0.05, 0) is 33.4 Å². The maximum Gasteiger partial charge on any atom is 0.0743 e. The highest BCUT2D eigenvalue weighted by atomic mass is 16.5. The number of hydrogen-bond donors (Lipinski definition) is 1. The minimum atomic E-state index is 0.467. The molecule has 3 atom stereocenters. The van der Waals surface area contributed by atoms with Crippen LogP contribution in [-0.4, -0.2) is 50.3 Å². The average molecular weight is 184 g/mol. The molecule has 2 rings (SSSR count). The van der Waals surface area contributed by atoms with Crippen LogP contribution < -0.4 is 5.32 Å². The molecule has 76 valence electrons. The van der Waals surface area contributed by atoms with Gasteiger partial charge in [0.05, 0.1) is 12.7 Å². The van der Waals surface area contributed by atoms with Gasteiger partial charge in [-0.15, -0.1) is 0 Å². The van der Waals surface area contributed by atoms with E-state index in [4.69, 9.17) is 4.74 Å². The Morgan fingerprint density at radius 1 is 1.31 bits per heavy atom. The molecular formula is C10H20N2O. The normalized spacial score (nSPS) is 40.4. The molecule has 1 N–H and O–H groups in total. The van der Waals surface area contributed by atoms with Gasteiger partial charge in [-0.25, -0.2) is 0 Å². The second-order valence-corrected chi connectivity index (χ2v) is 4.40. The third kappa shape index (κ3) is 2.03. The zero-order valence-corrected chi connectivity index (χ0v) is 8.62. The van der Waals surface area contributed by atoms with Crippen LogP contribution >= 0.6 is 0 Å². The fourth-order valence-electron chi connectivity index (χ4n) is 2.45. The highest BCUT2D eigenvalue weighted by molar-refractivity contribution is 4.90. The van der Waals surface area contributed by atoms with E-state index in [1.54, 1.807) is 0 Å². The first kappa shape index (κ1) is 9.44. The maximum atomic E-state index is 5.77. The average Bonchev–Trinajstić information content (AvgIpc) is 2.17. The molecule has 0 amide bonds. The lowest BCUT2D eigenvalue weighted by molar-refractivity contribution is -0.0413. The summed E-state index contributed by atoms with van der Waals surface area (Å²) in [6.07, 6.45) is 4.25. The second kappa shape index (κ2) is 3.95. The summed E-state index contributed by atoms with van der Waals surface area (Å²) in [5.41, 5.74) is 0. The molecule has 1 saturated heterocycles. The van der Waals surface area contributed by atoms with E-state index in [0.717, 1.165) is 19.2 Å². The summed E-state index contributed by atoms with van der Waals surface area (Å²) in [5, 5.41) is 3.54. The smallest absolute Gasteiger partial charge is 0.0743 e. The van der Waals surface area contributed by atoms with Crippen LogP contribution in [0, 0.1) is 0 Å². The van der Waals surface area contributed by atoms with Crippen LogP contribution in [-0.2, 0) is 4.74 Å². The molecule has 0 aromatic heterocycles. The topological polar surface area (TPSA) is 24.5 Å². The Balaban J connectivity index is 1.91. The molecule has 0 bridgehead atoms. The third-order valence-corrected chi connectivity index (χ3v) is 3.33. The number of morpholine rings is 1. The summed E-state index contributed by atoms with van der Waals surface area (Å²) in [5.74, 6) is 0. The van der Waals surface area contributed by atoms with Crippen molar-refractivity contribution in [3.8, 4) is 0 Å². The Bertz CT molecular complexity index is 172. The van der Waals surface area contributed by atoms with E-state index in [9.17, 15) is 0 Å². The van der Waals surface area contributed by atoms with E-state index >= 15 is 0 Å². The van der Waals surface area contributed by atoms with Gasteiger partial charge in [-0.1, -0.05) is 0 Å². The van der Waals surface area contributed by atoms with Gasteiger partial charge in [0.15, 0.2) is 0 Å². The number of nitrogens with zero attached hydrogens (tertiary/aromatic N) is 1. The van der Waals surface area contributed by atoms with E-state index in [1.807, 2.05) is 0 Å². The zero-order valence-electron chi connectivity index (χ0n) is 8.62. The molecule has 1 aliphatic heterocycles. The standard InChI is InChI=1S/C10H20N2O/c1-12(2)8-3-4-9-10(7-8)13-6-5-11-9/h8-11H,3-7H2,1-2H3/t8-,9-,10+/m1/s1. The van der Waals surface area contributed by atoms with Gasteiger partial charge in [0, 0.05) is 18.6 Å². The molecule has 0 unspecified atom stereocenters. The predicted molar refractivity (Wildman–Crippen MR) is 52.9 cm³/mol. The first-order chi connectivity index (χ1) is 6.27. The van der Waals surface area contributed by atoms with Gasteiger partial charge in [-0.3, -0.25) is 0 Å². The van der Waals surface area contributed by atoms with Crippen molar-refractivity contribution in [1.82, 2.24) is 10.2 Å². The Morgan fingerprint density at radius 3 is 2.92 bits per heavy atom. The van der Waals surface area contributed by atoms with E-state index in [1.165, 1.54) is 19.3 Å². The Morgan fingerprint density at radius 2 is 2.15 bits per heavy atom. The first-order valence-corrected chi connectivity index (χ1v) is 5.29. The molecule has 1 heterocycles. The molecule has 3 heteroatoms. The van der Waals surface area contributed by atoms with Gasteiger partial charge in [0.2, 0.25) is 0 Å². The van der Waals surface area contributed by atoms with Crippen molar-refractivity contribution < 1.29 is 4.74 Å². The molecule has 1 saturated carbocycles. The predicted octanol–water partition coefficient (Wildman–Crippen LogP) is 0.457. The van der Waals surface area contributed by atoms with Crippen molar-refractivity contribution in [2.75, 3.05) is 27.2 Å². The van der Waals surface area contributed by atoms with Crippen molar-refractivity contribution >= 4 is 0 Å². The van der Waals surface area contributed by atoms with Crippen molar-refractivity contribution in [2.24, 2.45) is 0 Å². The maximum absolute atomic E-state index is 5.77. The van der Waals surface area contributed by atoms with Gasteiger partial charge in [0.1, 0.15) is 0 Å². The Hall–Kier alpha value is -0.120. The fraction of sp³-hybridized carbons (Fsp3) is 1.00. The second-order valence-electron chi connectivity index (χ2n) is 4.40. The van der Waals surface area contributed by atoms with E-state index in [-0.39, 0.29) is 0 Å². The number of ether oxygens (including phenoxy) is 1. The highest BCUT2D eigenvalue weighted by Gasteiger charge is 2.33. The largest absolute Gasteiger partial charge is 0.375 e. The summed E-state index contributed by atoms with van der Waals surface area (Å²) in [6.45, 7) is 1.93. The molecule has 1 aliphatic carbocycles. The lowest BCUT2D eigenvalue weighted by atomic mass is 9.87. The van der Waals surface area contributed by atoms with E-state index in [2.05, 4.69) is 24.3 Å². The Labute approximate surface area is 80.4 Å². The monoisotopic (exact) mass is 184 g/mol. The van der Waals surface area contributed by atoms with Crippen molar-refractivity contribution in [3.05, 3.63) is 0 Å². The van der Waals surface area contributed by atoms with Gasteiger partial charge >= 0.3 is 0 Å². The summed E-state index contributed by atoms with van der Waals surface area (Å²) in [4.78, 5) is 2.33. The molecule has 0 radical (unpaired) electrons. The highest BCUT2D eigenvalue weighted by Crippen LogP contribution is 2.25. The lowest BCUT2D eigenvalue weighted by Crippen LogP contribution is -2.54. The Kier molecular flexibility index (Phi) is 2.86. The molecule has 0 aromatic carbocycles. The molecule has 0 aromatic rings. The summed E-state index contributed by atoms with van der Waals surface area (Å²) >= 11 is 0. The number of fused-ring (bicyclic) bond motifs is 1. The number of hydrogen-bond acceptors (Lipinski definition) is 3. The van der Waals surface area contributed by atoms with E-state index in [0.29, 0.717) is 12.1 Å². The third-order valence-electron chi connectivity index (χ3n) is 3.33. The lowest BCUT2D eigenvalue weighted by Gasteiger charge is -2.41. The van der Waals surface area contributed by atoms with Crippen LogP contribution in [0.3, 0.4) is 0 Å². The fourth-order valence-corrected chi connectivity index (χ4v) is 2.45. The van der Waals surface area contributed by atoms with Crippen LogP contribution in [0.4, 0.5) is 0 Å². The minimum absolute atomic E-state index is 0.467. The van der Waals surface area contributed by atoms with Crippen LogP contribution in [0.5, 0.6) is 0 Å². The van der Waals surface area contributed by atoms with Crippen LogP contribution in [0.15, 0.2) is 0 Å². The summed E-state index contributed by atoms with van der Waals surface area (Å²) in [7, 11) is 4.34. The van der Waals surface area contributed by atoms with Crippen LogP contribution in [0.1, 0.15) is 19.3 Å². The number of rotatable bonds is 1. The van der Waals surface area contributed by atoms with Crippen molar-refractivity contribution in [2.45, 2.75) is 37.5 Å². The number of nitrogens with one attached hydrogen (secondary N) is 1. The first-order valence-electron chi connectivity index (χ1n) is 5.29. The molecule has 2 aliphatic rings. The molecular weight excluding hydrogens is 164 g/mol. The van der Waals surface area contributed by atoms with Gasteiger partial charge in [-0.2, -0.15) is 0 Å². The van der Waals surface area contributed by atoms with E-state index < -0.39 is 0 Å². The van der Waals surface area contributed by atoms with Crippen molar-refractivity contribution in [1.29, 1.82) is 0 Å². The molecule has 13 heavy (non-hydrogen) atoms. The van der Waals surface area contributed by atoms with Gasteiger partial charge in [0.25, 0.3) is 0 Å². The van der Waals surface area contributed by atoms with Crippen LogP contribution in [0.2, 0.25) is 0 Å². The van der Waals surface area contributed by atoms with Crippen LogP contribution in [0.25, 0.3) is 0 Å². The van der Waals surface area contributed by atoms with Crippen molar-refractivity contribution in [3.63, 3.8) is 0 Å². The quantitative estimate of drug-likeness (QED) is 0.640. The molecule has 2 fully saturated rings. The zero-order chi connectivity index (χ0) is 9.26. The summed E-state index contributed by atoms with van der Waals surface area (Å²) < 4.78 is 5.77. The SMILES string of the molecule is CN(C)[C@@H]1CC[C@H]2NCCO[C@H]2C1.